The lowest BCUT2D eigenvalue weighted by Gasteiger charge is -2.07. The van der Waals surface area contributed by atoms with E-state index in [2.05, 4.69) is 0 Å². The SMILES string of the molecule is Cc1cc(Cl)cc(-c2ccccc2)[n+]1[O-]. The van der Waals surface area contributed by atoms with Gasteiger partial charge in [-0.15, -0.1) is 0 Å². The molecule has 2 aromatic rings. The van der Waals surface area contributed by atoms with Crippen LogP contribution >= 0.6 is 11.6 Å². The number of hydrogen-bond donors (Lipinski definition) is 0. The Labute approximate surface area is 93.3 Å². The molecule has 0 aliphatic carbocycles. The van der Waals surface area contributed by atoms with Crippen molar-refractivity contribution in [1.82, 2.24) is 0 Å². The maximum atomic E-state index is 11.8. The second-order valence-electron chi connectivity index (χ2n) is 3.36. The Morgan fingerprint density at radius 2 is 1.80 bits per heavy atom. The van der Waals surface area contributed by atoms with E-state index in [0.29, 0.717) is 16.4 Å². The molecule has 1 aromatic heterocycles. The highest BCUT2D eigenvalue weighted by molar-refractivity contribution is 6.30. The van der Waals surface area contributed by atoms with Crippen molar-refractivity contribution in [3.8, 4) is 11.3 Å². The van der Waals surface area contributed by atoms with Crippen LogP contribution in [0.25, 0.3) is 11.3 Å². The topological polar surface area (TPSA) is 26.9 Å². The number of rotatable bonds is 1. The third-order valence-corrected chi connectivity index (χ3v) is 2.45. The largest absolute Gasteiger partial charge is 0.618 e. The summed E-state index contributed by atoms with van der Waals surface area (Å²) < 4.78 is 0.890. The van der Waals surface area contributed by atoms with Crippen molar-refractivity contribution in [1.29, 1.82) is 0 Å². The van der Waals surface area contributed by atoms with E-state index in [0.717, 1.165) is 10.3 Å². The van der Waals surface area contributed by atoms with Gasteiger partial charge in [0, 0.05) is 24.6 Å². The quantitative estimate of drug-likeness (QED) is 0.535. The van der Waals surface area contributed by atoms with E-state index in [1.165, 1.54) is 0 Å². The highest BCUT2D eigenvalue weighted by Gasteiger charge is 2.11. The normalized spacial score (nSPS) is 10.3. The lowest BCUT2D eigenvalue weighted by Crippen LogP contribution is -2.32. The zero-order valence-corrected chi connectivity index (χ0v) is 9.03. The molecule has 0 amide bonds. The van der Waals surface area contributed by atoms with E-state index in [9.17, 15) is 5.21 Å². The Morgan fingerprint density at radius 1 is 1.13 bits per heavy atom. The molecular weight excluding hydrogens is 210 g/mol. The molecule has 0 aliphatic heterocycles. The molecule has 2 rings (SSSR count). The van der Waals surface area contributed by atoms with Crippen LogP contribution in [-0.4, -0.2) is 0 Å². The molecule has 15 heavy (non-hydrogen) atoms. The van der Waals surface area contributed by atoms with Gasteiger partial charge in [0.05, 0.1) is 5.02 Å². The Morgan fingerprint density at radius 3 is 2.47 bits per heavy atom. The fourth-order valence-electron chi connectivity index (χ4n) is 1.49. The van der Waals surface area contributed by atoms with Crippen LogP contribution in [0, 0.1) is 12.1 Å². The molecule has 76 valence electrons. The van der Waals surface area contributed by atoms with E-state index >= 15 is 0 Å². The summed E-state index contributed by atoms with van der Waals surface area (Å²) in [7, 11) is 0. The van der Waals surface area contributed by atoms with E-state index in [-0.39, 0.29) is 0 Å². The minimum absolute atomic E-state index is 0.582. The van der Waals surface area contributed by atoms with E-state index < -0.39 is 0 Å². The average molecular weight is 220 g/mol. The number of benzene rings is 1. The van der Waals surface area contributed by atoms with Gasteiger partial charge in [0.25, 0.3) is 0 Å². The zero-order valence-electron chi connectivity index (χ0n) is 8.27. The standard InChI is InChI=1S/C12H10ClNO/c1-9-7-11(13)8-12(14(9)15)10-5-3-2-4-6-10/h2-8H,1H3. The number of pyridine rings is 1. The van der Waals surface area contributed by atoms with Crippen LogP contribution in [0.15, 0.2) is 42.5 Å². The van der Waals surface area contributed by atoms with Gasteiger partial charge in [-0.25, -0.2) is 0 Å². The lowest BCUT2D eigenvalue weighted by atomic mass is 10.1. The van der Waals surface area contributed by atoms with Gasteiger partial charge in [-0.3, -0.25) is 0 Å². The van der Waals surface area contributed by atoms with Crippen molar-refractivity contribution in [2.45, 2.75) is 6.92 Å². The molecule has 0 radical (unpaired) electrons. The molecule has 0 unspecified atom stereocenters. The first-order valence-corrected chi connectivity index (χ1v) is 5.01. The summed E-state index contributed by atoms with van der Waals surface area (Å²) in [5.74, 6) is 0. The summed E-state index contributed by atoms with van der Waals surface area (Å²) >= 11 is 5.92. The van der Waals surface area contributed by atoms with Crippen LogP contribution < -0.4 is 4.73 Å². The third kappa shape index (κ3) is 1.95. The summed E-state index contributed by atoms with van der Waals surface area (Å²) in [6.07, 6.45) is 0. The minimum Gasteiger partial charge on any atom is -0.618 e. The van der Waals surface area contributed by atoms with E-state index in [4.69, 9.17) is 11.6 Å². The Balaban J connectivity index is 2.63. The summed E-state index contributed by atoms with van der Waals surface area (Å²) in [6.45, 7) is 1.74. The molecule has 0 bridgehead atoms. The van der Waals surface area contributed by atoms with Gasteiger partial charge in [-0.2, -0.15) is 4.73 Å². The number of hydrogen-bond acceptors (Lipinski definition) is 1. The number of halogens is 1. The Kier molecular flexibility index (Phi) is 2.60. The van der Waals surface area contributed by atoms with Gasteiger partial charge in [0.15, 0.2) is 5.69 Å². The molecule has 0 fully saturated rings. The van der Waals surface area contributed by atoms with Crippen molar-refractivity contribution < 1.29 is 4.73 Å². The number of nitrogens with zero attached hydrogens (tertiary/aromatic N) is 1. The molecule has 0 spiro atoms. The van der Waals surface area contributed by atoms with E-state index in [1.807, 2.05) is 30.3 Å². The van der Waals surface area contributed by atoms with Crippen molar-refractivity contribution in [3.05, 3.63) is 58.4 Å². The van der Waals surface area contributed by atoms with Crippen LogP contribution in [-0.2, 0) is 0 Å². The highest BCUT2D eigenvalue weighted by atomic mass is 35.5. The molecule has 0 aliphatic rings. The second-order valence-corrected chi connectivity index (χ2v) is 3.80. The molecule has 0 N–H and O–H groups in total. The van der Waals surface area contributed by atoms with Crippen molar-refractivity contribution in [2.24, 2.45) is 0 Å². The number of aryl methyl sites for hydroxylation is 1. The fraction of sp³-hybridized carbons (Fsp3) is 0.0833. The molecule has 0 atom stereocenters. The van der Waals surface area contributed by atoms with Gasteiger partial charge in [0.2, 0.25) is 5.69 Å². The first-order chi connectivity index (χ1) is 7.18. The summed E-state index contributed by atoms with van der Waals surface area (Å²) in [6, 6.07) is 12.8. The molecular formula is C12H10ClNO. The van der Waals surface area contributed by atoms with Crippen LogP contribution in [0.2, 0.25) is 5.02 Å². The van der Waals surface area contributed by atoms with Crippen molar-refractivity contribution in [2.75, 3.05) is 0 Å². The van der Waals surface area contributed by atoms with Gasteiger partial charge in [-0.05, 0) is 12.1 Å². The molecule has 3 heteroatoms. The zero-order chi connectivity index (χ0) is 10.8. The molecule has 1 heterocycles. The summed E-state index contributed by atoms with van der Waals surface area (Å²) in [5, 5.41) is 12.4. The van der Waals surface area contributed by atoms with Crippen molar-refractivity contribution >= 4 is 11.6 Å². The maximum absolute atomic E-state index is 11.8. The molecule has 0 saturated carbocycles. The Bertz CT molecular complexity index is 482. The average Bonchev–Trinajstić information content (AvgIpc) is 2.24. The summed E-state index contributed by atoms with van der Waals surface area (Å²) in [4.78, 5) is 0. The first kappa shape index (κ1) is 9.99. The van der Waals surface area contributed by atoms with Crippen LogP contribution in [0.3, 0.4) is 0 Å². The van der Waals surface area contributed by atoms with Gasteiger partial charge in [-0.1, -0.05) is 29.8 Å². The monoisotopic (exact) mass is 219 g/mol. The second kappa shape index (κ2) is 3.91. The third-order valence-electron chi connectivity index (χ3n) is 2.23. The van der Waals surface area contributed by atoms with Gasteiger partial charge in [0.1, 0.15) is 0 Å². The first-order valence-electron chi connectivity index (χ1n) is 4.63. The van der Waals surface area contributed by atoms with E-state index in [1.54, 1.807) is 19.1 Å². The predicted molar refractivity (Wildman–Crippen MR) is 60.6 cm³/mol. The lowest BCUT2D eigenvalue weighted by molar-refractivity contribution is -0.600. The van der Waals surface area contributed by atoms with Crippen LogP contribution in [0.4, 0.5) is 0 Å². The smallest absolute Gasteiger partial charge is 0.225 e. The predicted octanol–water partition coefficient (Wildman–Crippen LogP) is 2.95. The molecule has 1 aromatic carbocycles. The minimum atomic E-state index is 0.582. The van der Waals surface area contributed by atoms with Crippen molar-refractivity contribution in [3.63, 3.8) is 0 Å². The van der Waals surface area contributed by atoms with Gasteiger partial charge >= 0.3 is 0 Å². The molecule has 2 nitrogen and oxygen atoms in total. The van der Waals surface area contributed by atoms with Crippen LogP contribution in [0.1, 0.15) is 5.69 Å². The molecule has 0 saturated heterocycles. The van der Waals surface area contributed by atoms with Crippen LogP contribution in [0.5, 0.6) is 0 Å². The number of aromatic nitrogens is 1. The maximum Gasteiger partial charge on any atom is 0.225 e. The highest BCUT2D eigenvalue weighted by Crippen LogP contribution is 2.19. The fourth-order valence-corrected chi connectivity index (χ4v) is 1.75. The Hall–Kier alpha value is -1.54. The van der Waals surface area contributed by atoms with Gasteiger partial charge < -0.3 is 5.21 Å². The summed E-state index contributed by atoms with van der Waals surface area (Å²) in [5.41, 5.74) is 2.06.